The first kappa shape index (κ1) is 18.9. The predicted molar refractivity (Wildman–Crippen MR) is 105 cm³/mol. The molecule has 0 unspecified atom stereocenters. The minimum atomic E-state index is -0.216. The quantitative estimate of drug-likeness (QED) is 0.654. The standard InChI is InChI=1S/C20H20ClN3O3/c1-14-22-17-9-5-3-7-15(17)20(26)24(14)13-19(25)23(2)11-12-27-18-10-6-4-8-16(18)21/h3-10H,11-13H2,1-2H3. The molecule has 0 atom stereocenters. The number of nitrogens with zero attached hydrogens (tertiary/aromatic N) is 3. The molecule has 2 aromatic carbocycles. The van der Waals surface area contributed by atoms with E-state index in [1.54, 1.807) is 44.3 Å². The van der Waals surface area contributed by atoms with Crippen LogP contribution in [-0.2, 0) is 11.3 Å². The van der Waals surface area contributed by atoms with Gasteiger partial charge in [0.1, 0.15) is 24.7 Å². The monoisotopic (exact) mass is 385 g/mol. The van der Waals surface area contributed by atoms with Gasteiger partial charge in [-0.15, -0.1) is 0 Å². The van der Waals surface area contributed by atoms with Crippen LogP contribution in [0.15, 0.2) is 53.3 Å². The minimum Gasteiger partial charge on any atom is -0.490 e. The molecule has 0 saturated heterocycles. The Morgan fingerprint density at radius 3 is 2.67 bits per heavy atom. The Hall–Kier alpha value is -2.86. The molecule has 0 aliphatic rings. The van der Waals surface area contributed by atoms with Crippen molar-refractivity contribution in [3.05, 3.63) is 69.7 Å². The van der Waals surface area contributed by atoms with Crippen molar-refractivity contribution in [1.29, 1.82) is 0 Å². The second-order valence-corrected chi connectivity index (χ2v) is 6.57. The molecule has 3 aromatic rings. The Kier molecular flexibility index (Phi) is 5.76. The van der Waals surface area contributed by atoms with E-state index >= 15 is 0 Å². The molecule has 0 spiro atoms. The highest BCUT2D eigenvalue weighted by Crippen LogP contribution is 2.22. The molecule has 0 aliphatic carbocycles. The lowest BCUT2D eigenvalue weighted by Gasteiger charge is -2.19. The molecule has 0 aliphatic heterocycles. The summed E-state index contributed by atoms with van der Waals surface area (Å²) >= 11 is 6.04. The van der Waals surface area contributed by atoms with Crippen molar-refractivity contribution in [1.82, 2.24) is 14.5 Å². The topological polar surface area (TPSA) is 64.4 Å². The van der Waals surface area contributed by atoms with Crippen LogP contribution in [0, 0.1) is 6.92 Å². The first-order valence-corrected chi connectivity index (χ1v) is 8.92. The third-order valence-electron chi connectivity index (χ3n) is 4.29. The second kappa shape index (κ2) is 8.22. The number of halogens is 1. The Labute approximate surface area is 162 Å². The molecule has 0 N–H and O–H groups in total. The smallest absolute Gasteiger partial charge is 0.261 e. The molecule has 6 nitrogen and oxygen atoms in total. The summed E-state index contributed by atoms with van der Waals surface area (Å²) < 4.78 is 7.01. The number of hydrogen-bond acceptors (Lipinski definition) is 4. The summed E-state index contributed by atoms with van der Waals surface area (Å²) in [6.07, 6.45) is 0. The fourth-order valence-corrected chi connectivity index (χ4v) is 2.89. The van der Waals surface area contributed by atoms with E-state index in [4.69, 9.17) is 16.3 Å². The lowest BCUT2D eigenvalue weighted by Crippen LogP contribution is -2.37. The van der Waals surface area contributed by atoms with E-state index in [9.17, 15) is 9.59 Å². The molecule has 140 valence electrons. The van der Waals surface area contributed by atoms with Crippen LogP contribution < -0.4 is 10.3 Å². The summed E-state index contributed by atoms with van der Waals surface area (Å²) in [7, 11) is 1.67. The molecule has 3 rings (SSSR count). The van der Waals surface area contributed by atoms with Crippen molar-refractivity contribution in [2.75, 3.05) is 20.2 Å². The molecule has 0 fully saturated rings. The largest absolute Gasteiger partial charge is 0.490 e. The van der Waals surface area contributed by atoms with Gasteiger partial charge in [0.05, 0.1) is 22.5 Å². The van der Waals surface area contributed by atoms with Crippen molar-refractivity contribution in [2.24, 2.45) is 0 Å². The number of likely N-dealkylation sites (N-methyl/N-ethyl adjacent to an activating group) is 1. The molecule has 0 saturated carbocycles. The predicted octanol–water partition coefficient (Wildman–Crippen LogP) is 2.90. The van der Waals surface area contributed by atoms with Crippen molar-refractivity contribution >= 4 is 28.4 Å². The van der Waals surface area contributed by atoms with Crippen LogP contribution in [0.5, 0.6) is 5.75 Å². The van der Waals surface area contributed by atoms with E-state index in [1.165, 1.54) is 9.47 Å². The normalized spacial score (nSPS) is 10.8. The SMILES string of the molecule is Cc1nc2ccccc2c(=O)n1CC(=O)N(C)CCOc1ccccc1Cl. The van der Waals surface area contributed by atoms with E-state index in [1.807, 2.05) is 18.2 Å². The van der Waals surface area contributed by atoms with Gasteiger partial charge in [-0.3, -0.25) is 14.2 Å². The van der Waals surface area contributed by atoms with E-state index < -0.39 is 0 Å². The first-order valence-electron chi connectivity index (χ1n) is 8.55. The summed E-state index contributed by atoms with van der Waals surface area (Å²) in [5, 5.41) is 1.02. The number of benzene rings is 2. The fourth-order valence-electron chi connectivity index (χ4n) is 2.70. The number of aryl methyl sites for hydroxylation is 1. The zero-order chi connectivity index (χ0) is 19.4. The molecule has 0 radical (unpaired) electrons. The third kappa shape index (κ3) is 4.28. The van der Waals surface area contributed by atoms with Crippen LogP contribution in [-0.4, -0.2) is 40.6 Å². The highest BCUT2D eigenvalue weighted by Gasteiger charge is 2.14. The zero-order valence-electron chi connectivity index (χ0n) is 15.2. The van der Waals surface area contributed by atoms with Crippen molar-refractivity contribution in [2.45, 2.75) is 13.5 Å². The Morgan fingerprint density at radius 2 is 1.89 bits per heavy atom. The number of carbonyl (C=O) groups excluding carboxylic acids is 1. The van der Waals surface area contributed by atoms with Crippen molar-refractivity contribution < 1.29 is 9.53 Å². The number of rotatable bonds is 6. The number of ether oxygens (including phenoxy) is 1. The molecule has 1 amide bonds. The number of fused-ring (bicyclic) bond motifs is 1. The van der Waals surface area contributed by atoms with Crippen molar-refractivity contribution in [3.8, 4) is 5.75 Å². The maximum absolute atomic E-state index is 12.7. The highest BCUT2D eigenvalue weighted by atomic mass is 35.5. The molecule has 0 bridgehead atoms. The van der Waals surface area contributed by atoms with Gasteiger partial charge in [-0.25, -0.2) is 4.98 Å². The number of para-hydroxylation sites is 2. The number of amides is 1. The van der Waals surface area contributed by atoms with E-state index in [0.29, 0.717) is 40.7 Å². The van der Waals surface area contributed by atoms with E-state index in [-0.39, 0.29) is 18.0 Å². The minimum absolute atomic E-state index is 0.0644. The van der Waals surface area contributed by atoms with Gasteiger partial charge in [-0.2, -0.15) is 0 Å². The van der Waals surface area contributed by atoms with Gasteiger partial charge < -0.3 is 9.64 Å². The summed E-state index contributed by atoms with van der Waals surface area (Å²) in [5.74, 6) is 0.888. The Bertz CT molecular complexity index is 1030. The number of aromatic nitrogens is 2. The Balaban J connectivity index is 1.65. The summed E-state index contributed by atoms with van der Waals surface area (Å²) in [6.45, 7) is 2.33. The maximum atomic E-state index is 12.7. The molecule has 1 heterocycles. The van der Waals surface area contributed by atoms with Gasteiger partial charge in [-0.1, -0.05) is 35.9 Å². The highest BCUT2D eigenvalue weighted by molar-refractivity contribution is 6.32. The lowest BCUT2D eigenvalue weighted by atomic mass is 10.2. The average Bonchev–Trinajstić information content (AvgIpc) is 2.66. The van der Waals surface area contributed by atoms with E-state index in [0.717, 1.165) is 0 Å². The van der Waals surface area contributed by atoms with E-state index in [2.05, 4.69) is 4.98 Å². The number of carbonyl (C=O) groups is 1. The van der Waals surface area contributed by atoms with Crippen LogP contribution >= 0.6 is 11.6 Å². The maximum Gasteiger partial charge on any atom is 0.261 e. The molecule has 7 heteroatoms. The van der Waals surface area contributed by atoms with Crippen LogP contribution in [0.3, 0.4) is 0 Å². The third-order valence-corrected chi connectivity index (χ3v) is 4.60. The second-order valence-electron chi connectivity index (χ2n) is 6.16. The van der Waals surface area contributed by atoms with Crippen LogP contribution in [0.4, 0.5) is 0 Å². The van der Waals surface area contributed by atoms with Crippen LogP contribution in [0.2, 0.25) is 5.02 Å². The molecular weight excluding hydrogens is 366 g/mol. The van der Waals surface area contributed by atoms with Gasteiger partial charge in [0, 0.05) is 7.05 Å². The van der Waals surface area contributed by atoms with Gasteiger partial charge in [0.25, 0.3) is 5.56 Å². The first-order chi connectivity index (χ1) is 13.0. The molecule has 1 aromatic heterocycles. The summed E-state index contributed by atoms with van der Waals surface area (Å²) in [5.41, 5.74) is 0.414. The fraction of sp³-hybridized carbons (Fsp3) is 0.250. The van der Waals surface area contributed by atoms with Crippen LogP contribution in [0.1, 0.15) is 5.82 Å². The van der Waals surface area contributed by atoms with Gasteiger partial charge >= 0.3 is 0 Å². The summed E-state index contributed by atoms with van der Waals surface area (Å²) in [4.78, 5) is 31.1. The summed E-state index contributed by atoms with van der Waals surface area (Å²) in [6, 6.07) is 14.3. The molecular formula is C20H20ClN3O3. The number of hydrogen-bond donors (Lipinski definition) is 0. The van der Waals surface area contributed by atoms with Crippen LogP contribution in [0.25, 0.3) is 10.9 Å². The average molecular weight is 386 g/mol. The Morgan fingerprint density at radius 1 is 1.19 bits per heavy atom. The van der Waals surface area contributed by atoms with Gasteiger partial charge in [0.2, 0.25) is 5.91 Å². The van der Waals surface area contributed by atoms with Crippen molar-refractivity contribution in [3.63, 3.8) is 0 Å². The lowest BCUT2D eigenvalue weighted by molar-refractivity contribution is -0.130. The van der Waals surface area contributed by atoms with Gasteiger partial charge in [0.15, 0.2) is 0 Å². The zero-order valence-corrected chi connectivity index (χ0v) is 15.9. The van der Waals surface area contributed by atoms with Gasteiger partial charge in [-0.05, 0) is 31.2 Å². The molecule has 27 heavy (non-hydrogen) atoms.